The number of rotatable bonds is 4. The van der Waals surface area contributed by atoms with E-state index in [1.165, 1.54) is 10.3 Å². The largest absolute Gasteiger partial charge is 0.328 e. The fraction of sp³-hybridized carbons (Fsp3) is 0.188. The standard InChI is InChI=1S/C16H15ClN2S2/c1-10(18)9-11-5-4-6-12(17)15(11)21-16-19-13-7-2-3-8-14(13)20-16/h2-8,10H,9,18H2,1H3. The van der Waals surface area contributed by atoms with Crippen LogP contribution in [0.3, 0.4) is 0 Å². The van der Waals surface area contributed by atoms with Crippen molar-refractivity contribution in [2.75, 3.05) is 0 Å². The summed E-state index contributed by atoms with van der Waals surface area (Å²) in [6, 6.07) is 14.3. The average Bonchev–Trinajstić information content (AvgIpc) is 2.84. The summed E-state index contributed by atoms with van der Waals surface area (Å²) in [4.78, 5) is 5.73. The zero-order valence-corrected chi connectivity index (χ0v) is 13.9. The minimum atomic E-state index is 0.109. The van der Waals surface area contributed by atoms with Crippen molar-refractivity contribution in [3.63, 3.8) is 0 Å². The normalized spacial score (nSPS) is 12.7. The first-order valence-electron chi connectivity index (χ1n) is 6.70. The summed E-state index contributed by atoms with van der Waals surface area (Å²) in [6.45, 7) is 2.01. The van der Waals surface area contributed by atoms with Crippen LogP contribution >= 0.6 is 34.7 Å². The summed E-state index contributed by atoms with van der Waals surface area (Å²) in [5.74, 6) is 0. The summed E-state index contributed by atoms with van der Waals surface area (Å²) in [5.41, 5.74) is 8.15. The van der Waals surface area contributed by atoms with Crippen molar-refractivity contribution < 1.29 is 0 Å². The van der Waals surface area contributed by atoms with Crippen LogP contribution < -0.4 is 5.73 Å². The van der Waals surface area contributed by atoms with Crippen molar-refractivity contribution in [2.45, 2.75) is 28.6 Å². The van der Waals surface area contributed by atoms with Crippen LogP contribution in [0.15, 0.2) is 51.7 Å². The summed E-state index contributed by atoms with van der Waals surface area (Å²) in [5, 5.41) is 0.761. The Labute approximate surface area is 137 Å². The third-order valence-electron chi connectivity index (χ3n) is 3.05. The summed E-state index contributed by atoms with van der Waals surface area (Å²) in [6.07, 6.45) is 0.813. The van der Waals surface area contributed by atoms with Crippen LogP contribution in [0.5, 0.6) is 0 Å². The number of benzene rings is 2. The second-order valence-electron chi connectivity index (χ2n) is 4.96. The van der Waals surface area contributed by atoms with Crippen molar-refractivity contribution in [3.05, 3.63) is 53.1 Å². The fourth-order valence-corrected chi connectivity index (χ4v) is 4.62. The second-order valence-corrected chi connectivity index (χ2v) is 7.65. The first-order valence-corrected chi connectivity index (χ1v) is 8.71. The van der Waals surface area contributed by atoms with E-state index in [1.807, 2.05) is 37.3 Å². The number of fused-ring (bicyclic) bond motifs is 1. The van der Waals surface area contributed by atoms with E-state index in [1.54, 1.807) is 23.1 Å². The van der Waals surface area contributed by atoms with Crippen LogP contribution in [-0.4, -0.2) is 11.0 Å². The Morgan fingerprint density at radius 2 is 2.05 bits per heavy atom. The van der Waals surface area contributed by atoms with E-state index in [-0.39, 0.29) is 6.04 Å². The Morgan fingerprint density at radius 3 is 2.81 bits per heavy atom. The highest BCUT2D eigenvalue weighted by Crippen LogP contribution is 2.39. The van der Waals surface area contributed by atoms with Gasteiger partial charge in [-0.1, -0.05) is 47.6 Å². The van der Waals surface area contributed by atoms with Crippen molar-refractivity contribution in [1.29, 1.82) is 0 Å². The number of halogens is 1. The highest BCUT2D eigenvalue weighted by atomic mass is 35.5. The SMILES string of the molecule is CC(N)Cc1cccc(Cl)c1Sc1nc2ccccc2s1. The molecule has 3 rings (SSSR count). The van der Waals surface area contributed by atoms with Crippen LogP contribution in [0, 0.1) is 0 Å². The van der Waals surface area contributed by atoms with Gasteiger partial charge in [-0.05, 0) is 37.1 Å². The Balaban J connectivity index is 1.96. The van der Waals surface area contributed by atoms with Crippen LogP contribution in [0.2, 0.25) is 5.02 Å². The molecule has 1 atom stereocenters. The minimum absolute atomic E-state index is 0.109. The van der Waals surface area contributed by atoms with Gasteiger partial charge in [-0.25, -0.2) is 4.98 Å². The quantitative estimate of drug-likeness (QED) is 0.730. The lowest BCUT2D eigenvalue weighted by Crippen LogP contribution is -2.18. The van der Waals surface area contributed by atoms with E-state index in [0.717, 1.165) is 26.2 Å². The molecule has 0 spiro atoms. The average molecular weight is 335 g/mol. The van der Waals surface area contributed by atoms with Crippen molar-refractivity contribution in [3.8, 4) is 0 Å². The Hall–Kier alpha value is -1.07. The molecule has 0 fully saturated rings. The van der Waals surface area contributed by atoms with Crippen molar-refractivity contribution in [2.24, 2.45) is 5.73 Å². The number of nitrogens with two attached hydrogens (primary N) is 1. The number of aromatic nitrogens is 1. The first-order chi connectivity index (χ1) is 10.1. The van der Waals surface area contributed by atoms with E-state index >= 15 is 0 Å². The number of thiazole rings is 1. The molecule has 0 saturated heterocycles. The van der Waals surface area contributed by atoms with E-state index in [9.17, 15) is 0 Å². The molecule has 2 nitrogen and oxygen atoms in total. The molecule has 3 aromatic rings. The third-order valence-corrected chi connectivity index (χ3v) is 5.76. The lowest BCUT2D eigenvalue weighted by atomic mass is 10.1. The Kier molecular flexibility index (Phi) is 4.50. The van der Waals surface area contributed by atoms with Gasteiger partial charge in [0.1, 0.15) is 0 Å². The van der Waals surface area contributed by atoms with Gasteiger partial charge in [-0.3, -0.25) is 0 Å². The highest BCUT2D eigenvalue weighted by molar-refractivity contribution is 8.01. The maximum atomic E-state index is 6.38. The van der Waals surface area contributed by atoms with Gasteiger partial charge >= 0.3 is 0 Å². The molecule has 0 aliphatic carbocycles. The molecule has 0 radical (unpaired) electrons. The number of para-hydroxylation sites is 1. The molecular weight excluding hydrogens is 320 g/mol. The van der Waals surface area contributed by atoms with Gasteiger partial charge in [0, 0.05) is 10.9 Å². The fourth-order valence-electron chi connectivity index (χ4n) is 2.16. The molecule has 1 unspecified atom stereocenters. The van der Waals surface area contributed by atoms with Gasteiger partial charge < -0.3 is 5.73 Å². The second kappa shape index (κ2) is 6.36. The molecule has 0 amide bonds. The zero-order valence-electron chi connectivity index (χ0n) is 11.5. The van der Waals surface area contributed by atoms with Gasteiger partial charge in [0.25, 0.3) is 0 Å². The molecule has 0 aliphatic heterocycles. The molecule has 0 saturated carbocycles. The molecule has 0 bridgehead atoms. The number of nitrogens with zero attached hydrogens (tertiary/aromatic N) is 1. The minimum Gasteiger partial charge on any atom is -0.328 e. The van der Waals surface area contributed by atoms with Crippen LogP contribution in [0.1, 0.15) is 12.5 Å². The summed E-state index contributed by atoms with van der Waals surface area (Å²) in [7, 11) is 0. The zero-order chi connectivity index (χ0) is 14.8. The molecule has 108 valence electrons. The van der Waals surface area contributed by atoms with Crippen molar-refractivity contribution in [1.82, 2.24) is 4.98 Å². The van der Waals surface area contributed by atoms with Crippen molar-refractivity contribution >= 4 is 44.9 Å². The van der Waals surface area contributed by atoms with E-state index in [2.05, 4.69) is 17.1 Å². The van der Waals surface area contributed by atoms with Crippen LogP contribution in [0.4, 0.5) is 0 Å². The Morgan fingerprint density at radius 1 is 1.24 bits per heavy atom. The van der Waals surface area contributed by atoms with E-state index in [0.29, 0.717) is 0 Å². The topological polar surface area (TPSA) is 38.9 Å². The van der Waals surface area contributed by atoms with Crippen LogP contribution in [0.25, 0.3) is 10.2 Å². The highest BCUT2D eigenvalue weighted by Gasteiger charge is 2.13. The van der Waals surface area contributed by atoms with Crippen LogP contribution in [-0.2, 0) is 6.42 Å². The summed E-state index contributed by atoms with van der Waals surface area (Å²) < 4.78 is 2.20. The molecule has 2 aromatic carbocycles. The number of hydrogen-bond acceptors (Lipinski definition) is 4. The smallest absolute Gasteiger partial charge is 0.155 e. The molecule has 21 heavy (non-hydrogen) atoms. The van der Waals surface area contributed by atoms with Gasteiger partial charge in [0.15, 0.2) is 4.34 Å². The molecular formula is C16H15ClN2S2. The third kappa shape index (κ3) is 3.40. The van der Waals surface area contributed by atoms with Gasteiger partial charge in [-0.15, -0.1) is 11.3 Å². The maximum absolute atomic E-state index is 6.38. The maximum Gasteiger partial charge on any atom is 0.155 e. The van der Waals surface area contributed by atoms with Gasteiger partial charge in [-0.2, -0.15) is 0 Å². The lowest BCUT2D eigenvalue weighted by Gasteiger charge is -2.11. The molecule has 1 aromatic heterocycles. The summed E-state index contributed by atoms with van der Waals surface area (Å²) >= 11 is 9.70. The first kappa shape index (κ1) is 14.9. The predicted octanol–water partition coefficient (Wildman–Crippen LogP) is 4.99. The van der Waals surface area contributed by atoms with Gasteiger partial charge in [0.05, 0.1) is 15.2 Å². The molecule has 0 aliphatic rings. The van der Waals surface area contributed by atoms with Gasteiger partial charge in [0.2, 0.25) is 0 Å². The lowest BCUT2D eigenvalue weighted by molar-refractivity contribution is 0.729. The predicted molar refractivity (Wildman–Crippen MR) is 92.5 cm³/mol. The van der Waals surface area contributed by atoms with E-state index in [4.69, 9.17) is 17.3 Å². The molecule has 2 N–H and O–H groups in total. The molecule has 1 heterocycles. The van der Waals surface area contributed by atoms with E-state index < -0.39 is 0 Å². The number of hydrogen-bond donors (Lipinski definition) is 1. The Bertz CT molecular complexity index is 735. The monoisotopic (exact) mass is 334 g/mol. The molecule has 5 heteroatoms.